The molecule has 2 heterocycles. The maximum atomic E-state index is 11.3. The molecule has 2 rings (SSSR count). The van der Waals surface area contributed by atoms with Crippen LogP contribution in [0.3, 0.4) is 0 Å². The first-order chi connectivity index (χ1) is 9.25. The molecule has 19 heavy (non-hydrogen) atoms. The summed E-state index contributed by atoms with van der Waals surface area (Å²) in [7, 11) is 0. The molecule has 2 aliphatic rings. The lowest BCUT2D eigenvalue weighted by molar-refractivity contribution is -0.159. The molecule has 0 saturated carbocycles. The van der Waals surface area contributed by atoms with Crippen LogP contribution in [0.4, 0.5) is 0 Å². The zero-order valence-corrected chi connectivity index (χ0v) is 11.6. The third-order valence-electron chi connectivity index (χ3n) is 3.34. The molecular formula is C14H23NO4. The van der Waals surface area contributed by atoms with Crippen LogP contribution in [-0.4, -0.2) is 56.5 Å². The van der Waals surface area contributed by atoms with E-state index in [1.54, 1.807) is 13.0 Å². The predicted octanol–water partition coefficient (Wildman–Crippen LogP) is 1.33. The summed E-state index contributed by atoms with van der Waals surface area (Å²) in [6, 6.07) is 0. The summed E-state index contributed by atoms with van der Waals surface area (Å²) in [5, 5.41) is 0. The van der Waals surface area contributed by atoms with Crippen molar-refractivity contribution in [3.05, 3.63) is 11.8 Å². The molecule has 0 aliphatic carbocycles. The van der Waals surface area contributed by atoms with Gasteiger partial charge in [0.15, 0.2) is 12.1 Å². The van der Waals surface area contributed by atoms with E-state index in [2.05, 4.69) is 4.90 Å². The zero-order chi connectivity index (χ0) is 13.5. The largest absolute Gasteiger partial charge is 0.378 e. The first-order valence-electron chi connectivity index (χ1n) is 7.03. The van der Waals surface area contributed by atoms with Crippen LogP contribution < -0.4 is 0 Å². The van der Waals surface area contributed by atoms with Gasteiger partial charge in [0, 0.05) is 31.5 Å². The Kier molecular flexibility index (Phi) is 5.82. The van der Waals surface area contributed by atoms with Gasteiger partial charge in [-0.2, -0.15) is 0 Å². The minimum absolute atomic E-state index is 0.0506. The van der Waals surface area contributed by atoms with Crippen LogP contribution in [0.15, 0.2) is 11.8 Å². The third kappa shape index (κ3) is 4.93. The van der Waals surface area contributed by atoms with E-state index in [1.165, 1.54) is 0 Å². The molecule has 0 aromatic heterocycles. The molecule has 0 aromatic rings. The summed E-state index contributed by atoms with van der Waals surface area (Å²) in [6.07, 6.45) is 4.74. The number of ether oxygens (including phenoxy) is 3. The number of allylic oxidation sites excluding steroid dienone is 1. The van der Waals surface area contributed by atoms with E-state index in [-0.39, 0.29) is 12.1 Å². The van der Waals surface area contributed by atoms with Gasteiger partial charge in [0.05, 0.1) is 19.8 Å². The lowest BCUT2D eigenvalue weighted by Crippen LogP contribution is -2.38. The average Bonchev–Trinajstić information content (AvgIpc) is 2.45. The SMILES string of the molecule is CC(=O)/C=C(/COC1CCCCO1)N1CCOCC1. The van der Waals surface area contributed by atoms with Crippen molar-refractivity contribution in [2.45, 2.75) is 32.5 Å². The molecule has 108 valence electrons. The highest BCUT2D eigenvalue weighted by Crippen LogP contribution is 2.16. The number of carbonyl (C=O) groups excluding carboxylic acids is 1. The van der Waals surface area contributed by atoms with Crippen molar-refractivity contribution in [1.82, 2.24) is 4.90 Å². The van der Waals surface area contributed by atoms with E-state index < -0.39 is 0 Å². The molecule has 2 fully saturated rings. The van der Waals surface area contributed by atoms with E-state index >= 15 is 0 Å². The molecule has 2 aliphatic heterocycles. The maximum Gasteiger partial charge on any atom is 0.158 e. The monoisotopic (exact) mass is 269 g/mol. The van der Waals surface area contributed by atoms with Crippen LogP contribution in [0, 0.1) is 0 Å². The quantitative estimate of drug-likeness (QED) is 0.705. The first-order valence-corrected chi connectivity index (χ1v) is 7.03. The molecule has 2 saturated heterocycles. The van der Waals surface area contributed by atoms with Crippen molar-refractivity contribution in [3.63, 3.8) is 0 Å². The highest BCUT2D eigenvalue weighted by Gasteiger charge is 2.18. The summed E-state index contributed by atoms with van der Waals surface area (Å²) >= 11 is 0. The molecule has 0 amide bonds. The minimum atomic E-state index is -0.120. The van der Waals surface area contributed by atoms with Crippen LogP contribution in [0.5, 0.6) is 0 Å². The van der Waals surface area contributed by atoms with Crippen LogP contribution in [0.1, 0.15) is 26.2 Å². The van der Waals surface area contributed by atoms with Crippen molar-refractivity contribution in [2.75, 3.05) is 39.5 Å². The number of morpholine rings is 1. The molecule has 5 heteroatoms. The highest BCUT2D eigenvalue weighted by molar-refractivity contribution is 5.87. The van der Waals surface area contributed by atoms with Gasteiger partial charge in [0.2, 0.25) is 0 Å². The number of nitrogens with zero attached hydrogens (tertiary/aromatic N) is 1. The van der Waals surface area contributed by atoms with Gasteiger partial charge in [-0.1, -0.05) is 0 Å². The van der Waals surface area contributed by atoms with Crippen molar-refractivity contribution < 1.29 is 19.0 Å². The molecule has 0 spiro atoms. The summed E-state index contributed by atoms with van der Waals surface area (Å²) in [5.41, 5.74) is 0.935. The Hall–Kier alpha value is -0.910. The Balaban J connectivity index is 1.87. The van der Waals surface area contributed by atoms with Crippen molar-refractivity contribution in [1.29, 1.82) is 0 Å². The summed E-state index contributed by atoms with van der Waals surface area (Å²) in [4.78, 5) is 13.5. The Morgan fingerprint density at radius 2 is 2.11 bits per heavy atom. The van der Waals surface area contributed by atoms with Gasteiger partial charge in [-0.15, -0.1) is 0 Å². The number of carbonyl (C=O) groups is 1. The Labute approximate surface area is 114 Å². The van der Waals surface area contributed by atoms with Gasteiger partial charge < -0.3 is 19.1 Å². The second kappa shape index (κ2) is 7.62. The van der Waals surface area contributed by atoms with Crippen molar-refractivity contribution in [2.24, 2.45) is 0 Å². The fraction of sp³-hybridized carbons (Fsp3) is 0.786. The standard InChI is InChI=1S/C14H23NO4/c1-12(16)10-13(15-5-8-17-9-6-15)11-19-14-4-2-3-7-18-14/h10,14H,2-9,11H2,1H3/b13-10-. The van der Waals surface area contributed by atoms with Gasteiger partial charge in [-0.05, 0) is 26.2 Å². The Morgan fingerprint density at radius 1 is 1.32 bits per heavy atom. The Bertz CT molecular complexity index is 317. The van der Waals surface area contributed by atoms with E-state index in [9.17, 15) is 4.79 Å². The third-order valence-corrected chi connectivity index (χ3v) is 3.34. The molecule has 0 N–H and O–H groups in total. The van der Waals surface area contributed by atoms with Crippen LogP contribution in [0.2, 0.25) is 0 Å². The number of hydrogen-bond acceptors (Lipinski definition) is 5. The Morgan fingerprint density at radius 3 is 2.74 bits per heavy atom. The number of rotatable bonds is 5. The number of hydrogen-bond donors (Lipinski definition) is 0. The van der Waals surface area contributed by atoms with Crippen LogP contribution in [-0.2, 0) is 19.0 Å². The molecule has 1 atom stereocenters. The zero-order valence-electron chi connectivity index (χ0n) is 11.6. The smallest absolute Gasteiger partial charge is 0.158 e. The van der Waals surface area contributed by atoms with Gasteiger partial charge in [0.25, 0.3) is 0 Å². The van der Waals surface area contributed by atoms with Gasteiger partial charge >= 0.3 is 0 Å². The molecule has 0 bridgehead atoms. The topological polar surface area (TPSA) is 48.0 Å². The highest BCUT2D eigenvalue weighted by atomic mass is 16.7. The van der Waals surface area contributed by atoms with E-state index in [4.69, 9.17) is 14.2 Å². The predicted molar refractivity (Wildman–Crippen MR) is 70.7 cm³/mol. The average molecular weight is 269 g/mol. The van der Waals surface area contributed by atoms with E-state index in [1.807, 2.05) is 0 Å². The maximum absolute atomic E-state index is 11.3. The second-order valence-electron chi connectivity index (χ2n) is 4.95. The first kappa shape index (κ1) is 14.5. The second-order valence-corrected chi connectivity index (χ2v) is 4.95. The van der Waals surface area contributed by atoms with Crippen LogP contribution in [0.25, 0.3) is 0 Å². The van der Waals surface area contributed by atoms with Crippen molar-refractivity contribution in [3.8, 4) is 0 Å². The molecular weight excluding hydrogens is 246 g/mol. The fourth-order valence-electron chi connectivity index (χ4n) is 2.33. The molecule has 0 radical (unpaired) electrons. The molecule has 5 nitrogen and oxygen atoms in total. The van der Waals surface area contributed by atoms with Crippen LogP contribution >= 0.6 is 0 Å². The lowest BCUT2D eigenvalue weighted by atomic mass is 10.2. The normalized spacial score (nSPS) is 25.4. The van der Waals surface area contributed by atoms with E-state index in [0.717, 1.165) is 44.7 Å². The fourth-order valence-corrected chi connectivity index (χ4v) is 2.33. The van der Waals surface area contributed by atoms with Gasteiger partial charge in [0.1, 0.15) is 0 Å². The van der Waals surface area contributed by atoms with Gasteiger partial charge in [-0.3, -0.25) is 4.79 Å². The summed E-state index contributed by atoms with van der Waals surface area (Å²) in [5.74, 6) is 0.0506. The number of ketones is 1. The molecule has 0 aromatic carbocycles. The minimum Gasteiger partial charge on any atom is -0.378 e. The summed E-state index contributed by atoms with van der Waals surface area (Å²) < 4.78 is 16.6. The van der Waals surface area contributed by atoms with Gasteiger partial charge in [-0.25, -0.2) is 0 Å². The van der Waals surface area contributed by atoms with E-state index in [0.29, 0.717) is 19.8 Å². The lowest BCUT2D eigenvalue weighted by Gasteiger charge is -2.32. The molecule has 1 unspecified atom stereocenters. The summed E-state index contributed by atoms with van der Waals surface area (Å²) in [6.45, 7) is 5.81. The van der Waals surface area contributed by atoms with Crippen molar-refractivity contribution >= 4 is 5.78 Å².